The minimum absolute atomic E-state index is 0.293. The van der Waals surface area contributed by atoms with Gasteiger partial charge in [0.25, 0.3) is 0 Å². The van der Waals surface area contributed by atoms with Crippen LogP contribution in [0.5, 0.6) is 0 Å². The van der Waals surface area contributed by atoms with Gasteiger partial charge in [0.1, 0.15) is 0 Å². The lowest BCUT2D eigenvalue weighted by atomic mass is 9.74. The first kappa shape index (κ1) is 17.5. The van der Waals surface area contributed by atoms with Crippen molar-refractivity contribution in [2.75, 3.05) is 0 Å². The second-order valence-electron chi connectivity index (χ2n) is 6.10. The van der Waals surface area contributed by atoms with Crippen LogP contribution in [0.4, 0.5) is 13.2 Å². The predicted octanol–water partition coefficient (Wildman–Crippen LogP) is 3.68. The van der Waals surface area contributed by atoms with Crippen LogP contribution in [0, 0.1) is 5.41 Å². The molecule has 0 fully saturated rings. The van der Waals surface area contributed by atoms with Gasteiger partial charge in [0.15, 0.2) is 0 Å². The Bertz CT molecular complexity index is 505. The summed E-state index contributed by atoms with van der Waals surface area (Å²) in [6.07, 6.45) is -4.35. The molecule has 3 nitrogen and oxygen atoms in total. The van der Waals surface area contributed by atoms with Crippen molar-refractivity contribution in [1.82, 2.24) is 5.32 Å². The van der Waals surface area contributed by atoms with Crippen LogP contribution >= 0.6 is 0 Å². The van der Waals surface area contributed by atoms with E-state index in [2.05, 4.69) is 5.32 Å². The van der Waals surface area contributed by atoms with E-state index in [1.807, 2.05) is 0 Å². The number of benzene rings is 1. The highest BCUT2D eigenvalue weighted by Crippen LogP contribution is 2.32. The standard InChI is InChI=1S/C15H20F3NO2/c1-13(2,12(20)21)14(3,4)19-9-10-5-7-11(8-6-10)15(16,17)18/h5-8,19H,9H2,1-4H3,(H,20,21). The molecule has 1 aromatic carbocycles. The SMILES string of the molecule is CC(C)(NCc1ccc(C(F)(F)F)cc1)C(C)(C)C(=O)O. The van der Waals surface area contributed by atoms with Gasteiger partial charge in [-0.15, -0.1) is 0 Å². The Morgan fingerprint density at radius 2 is 1.57 bits per heavy atom. The number of nitrogens with one attached hydrogen (secondary N) is 1. The Labute approximate surface area is 122 Å². The number of carboxylic acids is 1. The summed E-state index contributed by atoms with van der Waals surface area (Å²) in [5.74, 6) is -0.938. The normalized spacial score (nSPS) is 13.3. The van der Waals surface area contributed by atoms with Crippen molar-refractivity contribution in [3.8, 4) is 0 Å². The molecular weight excluding hydrogens is 283 g/mol. The monoisotopic (exact) mass is 303 g/mol. The molecule has 0 aliphatic heterocycles. The average molecular weight is 303 g/mol. The van der Waals surface area contributed by atoms with Crippen molar-refractivity contribution in [3.63, 3.8) is 0 Å². The molecule has 0 bridgehead atoms. The number of alkyl halides is 3. The molecule has 0 radical (unpaired) electrons. The molecule has 1 rings (SSSR count). The highest BCUT2D eigenvalue weighted by Gasteiger charge is 2.43. The Morgan fingerprint density at radius 3 is 1.95 bits per heavy atom. The van der Waals surface area contributed by atoms with Gasteiger partial charge < -0.3 is 10.4 Å². The molecule has 1 aromatic rings. The molecule has 0 aliphatic rings. The lowest BCUT2D eigenvalue weighted by Crippen LogP contribution is -2.54. The summed E-state index contributed by atoms with van der Waals surface area (Å²) < 4.78 is 37.4. The Morgan fingerprint density at radius 1 is 1.10 bits per heavy atom. The number of hydrogen-bond acceptors (Lipinski definition) is 2. The Balaban J connectivity index is 2.78. The summed E-state index contributed by atoms with van der Waals surface area (Å²) in [5, 5.41) is 12.3. The molecule has 0 atom stereocenters. The zero-order valence-corrected chi connectivity index (χ0v) is 12.5. The van der Waals surface area contributed by atoms with Gasteiger partial charge in [0.05, 0.1) is 11.0 Å². The number of aliphatic carboxylic acids is 1. The maximum Gasteiger partial charge on any atom is 0.416 e. The average Bonchev–Trinajstić information content (AvgIpc) is 2.35. The van der Waals surface area contributed by atoms with Crippen LogP contribution in [0.3, 0.4) is 0 Å². The molecule has 0 spiro atoms. The fourth-order valence-electron chi connectivity index (χ4n) is 1.62. The smallest absolute Gasteiger partial charge is 0.416 e. The van der Waals surface area contributed by atoms with Gasteiger partial charge in [-0.05, 0) is 45.4 Å². The van der Waals surface area contributed by atoms with E-state index in [-0.39, 0.29) is 0 Å². The molecule has 0 aromatic heterocycles. The Kier molecular flexibility index (Phi) is 4.73. The molecular formula is C15H20F3NO2. The fourth-order valence-corrected chi connectivity index (χ4v) is 1.62. The minimum Gasteiger partial charge on any atom is -0.481 e. The third kappa shape index (κ3) is 3.97. The molecule has 0 saturated heterocycles. The van der Waals surface area contributed by atoms with Crippen molar-refractivity contribution in [2.24, 2.45) is 5.41 Å². The van der Waals surface area contributed by atoms with Crippen LogP contribution < -0.4 is 5.32 Å². The second-order valence-corrected chi connectivity index (χ2v) is 6.10. The zero-order chi connectivity index (χ0) is 16.5. The van der Waals surface area contributed by atoms with Gasteiger partial charge in [-0.1, -0.05) is 12.1 Å². The number of carbonyl (C=O) groups is 1. The van der Waals surface area contributed by atoms with E-state index in [0.29, 0.717) is 12.1 Å². The molecule has 21 heavy (non-hydrogen) atoms. The fraction of sp³-hybridized carbons (Fsp3) is 0.533. The van der Waals surface area contributed by atoms with E-state index in [1.54, 1.807) is 27.7 Å². The minimum atomic E-state index is -4.35. The highest BCUT2D eigenvalue weighted by atomic mass is 19.4. The van der Waals surface area contributed by atoms with E-state index < -0.39 is 28.7 Å². The third-order valence-corrected chi connectivity index (χ3v) is 4.11. The first-order valence-corrected chi connectivity index (χ1v) is 6.52. The topological polar surface area (TPSA) is 49.3 Å². The van der Waals surface area contributed by atoms with Gasteiger partial charge >= 0.3 is 12.1 Å². The third-order valence-electron chi connectivity index (χ3n) is 4.11. The van der Waals surface area contributed by atoms with Gasteiger partial charge in [0, 0.05) is 12.1 Å². The number of hydrogen-bond donors (Lipinski definition) is 2. The van der Waals surface area contributed by atoms with E-state index in [0.717, 1.165) is 12.1 Å². The zero-order valence-electron chi connectivity index (χ0n) is 12.5. The van der Waals surface area contributed by atoms with Gasteiger partial charge in [-0.25, -0.2) is 0 Å². The van der Waals surface area contributed by atoms with Crippen LogP contribution in [0.25, 0.3) is 0 Å². The lowest BCUT2D eigenvalue weighted by Gasteiger charge is -2.39. The molecule has 0 heterocycles. The first-order valence-electron chi connectivity index (χ1n) is 6.52. The van der Waals surface area contributed by atoms with Crippen molar-refractivity contribution in [1.29, 1.82) is 0 Å². The number of carboxylic acid groups (broad SMARTS) is 1. The summed E-state index contributed by atoms with van der Waals surface area (Å²) in [4.78, 5) is 11.3. The summed E-state index contributed by atoms with van der Waals surface area (Å²) in [6, 6.07) is 4.82. The van der Waals surface area contributed by atoms with Crippen LogP contribution in [-0.2, 0) is 17.5 Å². The highest BCUT2D eigenvalue weighted by molar-refractivity contribution is 5.75. The largest absolute Gasteiger partial charge is 0.481 e. The van der Waals surface area contributed by atoms with Crippen molar-refractivity contribution >= 4 is 5.97 Å². The summed E-state index contributed by atoms with van der Waals surface area (Å²) in [7, 11) is 0. The molecule has 6 heteroatoms. The van der Waals surface area contributed by atoms with E-state index >= 15 is 0 Å². The van der Waals surface area contributed by atoms with Crippen LogP contribution in [0.2, 0.25) is 0 Å². The van der Waals surface area contributed by atoms with Gasteiger partial charge in [-0.3, -0.25) is 4.79 Å². The molecule has 0 unspecified atom stereocenters. The van der Waals surface area contributed by atoms with E-state index in [9.17, 15) is 23.1 Å². The van der Waals surface area contributed by atoms with Crippen molar-refractivity contribution in [2.45, 2.75) is 46.0 Å². The summed E-state index contributed by atoms with van der Waals surface area (Å²) in [6.45, 7) is 7.02. The van der Waals surface area contributed by atoms with Crippen molar-refractivity contribution in [3.05, 3.63) is 35.4 Å². The van der Waals surface area contributed by atoms with Gasteiger partial charge in [0.2, 0.25) is 0 Å². The number of rotatable bonds is 5. The molecule has 0 amide bonds. The van der Waals surface area contributed by atoms with Crippen LogP contribution in [0.15, 0.2) is 24.3 Å². The molecule has 0 saturated carbocycles. The van der Waals surface area contributed by atoms with Gasteiger partial charge in [-0.2, -0.15) is 13.2 Å². The van der Waals surface area contributed by atoms with E-state index in [4.69, 9.17) is 0 Å². The van der Waals surface area contributed by atoms with Crippen LogP contribution in [0.1, 0.15) is 38.8 Å². The maximum absolute atomic E-state index is 12.5. The maximum atomic E-state index is 12.5. The summed E-state index contributed by atoms with van der Waals surface area (Å²) in [5.41, 5.74) is -1.77. The number of halogens is 3. The quantitative estimate of drug-likeness (QED) is 0.872. The molecule has 2 N–H and O–H groups in total. The molecule has 0 aliphatic carbocycles. The molecule has 118 valence electrons. The van der Waals surface area contributed by atoms with E-state index in [1.165, 1.54) is 12.1 Å². The summed E-state index contributed by atoms with van der Waals surface area (Å²) >= 11 is 0. The second kappa shape index (κ2) is 5.67. The van der Waals surface area contributed by atoms with Crippen molar-refractivity contribution < 1.29 is 23.1 Å². The predicted molar refractivity (Wildman–Crippen MR) is 73.8 cm³/mol. The lowest BCUT2D eigenvalue weighted by molar-refractivity contribution is -0.151. The Hall–Kier alpha value is -1.56. The first-order chi connectivity index (χ1) is 9.38. The van der Waals surface area contributed by atoms with Crippen LogP contribution in [-0.4, -0.2) is 16.6 Å².